The maximum Gasteiger partial charge on any atom is 0.251 e. The summed E-state index contributed by atoms with van der Waals surface area (Å²) < 4.78 is 0.894. The number of nitrogens with one attached hydrogen (secondary N) is 2. The van der Waals surface area contributed by atoms with Crippen molar-refractivity contribution >= 4 is 27.7 Å². The minimum Gasteiger partial charge on any atom is -0.393 e. The number of hydrogen-bond acceptors (Lipinski definition) is 3. The van der Waals surface area contributed by atoms with Crippen molar-refractivity contribution in [2.75, 3.05) is 6.54 Å². The van der Waals surface area contributed by atoms with E-state index in [0.29, 0.717) is 18.4 Å². The van der Waals surface area contributed by atoms with Crippen LogP contribution in [0.2, 0.25) is 0 Å². The summed E-state index contributed by atoms with van der Waals surface area (Å²) in [6.07, 6.45) is 5.38. The Morgan fingerprint density at radius 1 is 1.14 bits per heavy atom. The van der Waals surface area contributed by atoms with E-state index in [1.54, 1.807) is 24.3 Å². The van der Waals surface area contributed by atoms with Gasteiger partial charge >= 0.3 is 0 Å². The molecule has 0 unspecified atom stereocenters. The maximum atomic E-state index is 11.7. The van der Waals surface area contributed by atoms with Crippen LogP contribution in [0.3, 0.4) is 0 Å². The Labute approximate surface area is 138 Å². The molecule has 2 aliphatic rings. The molecular weight excluding hydrogens is 348 g/mol. The van der Waals surface area contributed by atoms with Crippen LogP contribution in [0.25, 0.3) is 0 Å². The molecule has 0 spiro atoms. The van der Waals surface area contributed by atoms with Gasteiger partial charge < -0.3 is 15.7 Å². The molecule has 2 fully saturated rings. The highest BCUT2D eigenvalue weighted by molar-refractivity contribution is 9.10. The third-order valence-corrected chi connectivity index (χ3v) is 3.88. The predicted octanol–water partition coefficient (Wildman–Crippen LogP) is 1.99. The lowest BCUT2D eigenvalue weighted by atomic mass is 9.89. The van der Waals surface area contributed by atoms with Crippen LogP contribution in [0.15, 0.2) is 28.7 Å². The molecule has 0 aliphatic heterocycles. The molecule has 0 atom stereocenters. The third kappa shape index (κ3) is 6.15. The summed E-state index contributed by atoms with van der Waals surface area (Å²) in [5.74, 6) is -0.515. The van der Waals surface area contributed by atoms with Gasteiger partial charge in [-0.05, 0) is 37.1 Å². The minimum absolute atomic E-state index is 0.0343. The molecule has 120 valence electrons. The lowest BCUT2D eigenvalue weighted by Crippen LogP contribution is -2.49. The number of halogens is 1. The highest BCUT2D eigenvalue weighted by Gasteiger charge is 2.28. The predicted molar refractivity (Wildman–Crippen MR) is 87.5 cm³/mol. The average molecular weight is 369 g/mol. The lowest BCUT2D eigenvalue weighted by molar-refractivity contribution is -0.122. The van der Waals surface area contributed by atoms with E-state index in [9.17, 15) is 9.59 Å². The Hall–Kier alpha value is -1.40. The Kier molecular flexibility index (Phi) is 6.39. The highest BCUT2D eigenvalue weighted by Crippen LogP contribution is 2.18. The molecule has 0 bridgehead atoms. The minimum atomic E-state index is -0.303. The van der Waals surface area contributed by atoms with E-state index in [-0.39, 0.29) is 30.5 Å². The fraction of sp³-hybridized carbons (Fsp3) is 0.500. The van der Waals surface area contributed by atoms with Gasteiger partial charge in [-0.3, -0.25) is 9.59 Å². The van der Waals surface area contributed by atoms with E-state index in [1.165, 1.54) is 19.3 Å². The quantitative estimate of drug-likeness (QED) is 0.760. The summed E-state index contributed by atoms with van der Waals surface area (Å²) >= 11 is 3.29. The van der Waals surface area contributed by atoms with E-state index < -0.39 is 0 Å². The second-order valence-corrected chi connectivity index (χ2v) is 6.56. The first-order chi connectivity index (χ1) is 10.5. The van der Waals surface area contributed by atoms with Crippen molar-refractivity contribution in [3.63, 3.8) is 0 Å². The summed E-state index contributed by atoms with van der Waals surface area (Å²) in [5.41, 5.74) is 0.509. The maximum absolute atomic E-state index is 11.7. The number of carbonyl (C=O) groups is 2. The van der Waals surface area contributed by atoms with E-state index in [1.807, 2.05) is 0 Å². The van der Waals surface area contributed by atoms with Crippen molar-refractivity contribution in [3.05, 3.63) is 34.3 Å². The topological polar surface area (TPSA) is 78.4 Å². The summed E-state index contributed by atoms with van der Waals surface area (Å²) in [4.78, 5) is 23.3. The Balaban J connectivity index is 0.000000523. The van der Waals surface area contributed by atoms with Gasteiger partial charge in [-0.25, -0.2) is 0 Å². The fourth-order valence-corrected chi connectivity index (χ4v) is 2.11. The van der Waals surface area contributed by atoms with Crippen LogP contribution in [-0.2, 0) is 4.79 Å². The second kappa shape index (κ2) is 8.29. The molecule has 2 saturated carbocycles. The first-order valence-corrected chi connectivity index (χ1v) is 8.35. The van der Waals surface area contributed by atoms with Gasteiger partial charge in [0.1, 0.15) is 0 Å². The fourth-order valence-electron chi connectivity index (χ4n) is 1.85. The Morgan fingerprint density at radius 3 is 2.23 bits per heavy atom. The third-order valence-electron chi connectivity index (χ3n) is 3.35. The van der Waals surface area contributed by atoms with Gasteiger partial charge in [0.05, 0.1) is 12.6 Å². The molecule has 22 heavy (non-hydrogen) atoms. The van der Waals surface area contributed by atoms with Gasteiger partial charge in [-0.2, -0.15) is 0 Å². The van der Waals surface area contributed by atoms with E-state index >= 15 is 0 Å². The number of aliphatic hydroxyl groups is 1. The number of hydrogen-bond donors (Lipinski definition) is 3. The van der Waals surface area contributed by atoms with Crippen molar-refractivity contribution in [3.8, 4) is 0 Å². The van der Waals surface area contributed by atoms with Crippen molar-refractivity contribution in [1.29, 1.82) is 0 Å². The van der Waals surface area contributed by atoms with Gasteiger partial charge in [-0.15, -0.1) is 0 Å². The highest BCUT2D eigenvalue weighted by atomic mass is 79.9. The smallest absolute Gasteiger partial charge is 0.251 e. The van der Waals surface area contributed by atoms with Crippen LogP contribution < -0.4 is 10.6 Å². The standard InChI is InChI=1S/C13H15BrN2O3.C3H6/c14-9-3-1-8(2-4-9)13(19)15-7-12(18)16-10-5-11(17)6-10;1-2-3-1/h1-4,10-11,17H,5-7H2,(H,15,19)(H,16,18);1-3H2. The second-order valence-electron chi connectivity index (χ2n) is 5.64. The van der Waals surface area contributed by atoms with Gasteiger partial charge in [0.15, 0.2) is 0 Å². The zero-order chi connectivity index (χ0) is 15.9. The van der Waals surface area contributed by atoms with Crippen molar-refractivity contribution in [2.24, 2.45) is 0 Å². The number of benzene rings is 1. The molecule has 0 saturated heterocycles. The van der Waals surface area contributed by atoms with Gasteiger partial charge in [0, 0.05) is 16.1 Å². The van der Waals surface area contributed by atoms with E-state index in [0.717, 1.165) is 4.47 Å². The van der Waals surface area contributed by atoms with Crippen LogP contribution >= 0.6 is 15.9 Å². The van der Waals surface area contributed by atoms with E-state index in [4.69, 9.17) is 5.11 Å². The molecule has 5 nitrogen and oxygen atoms in total. The largest absolute Gasteiger partial charge is 0.393 e. The molecule has 0 heterocycles. The molecular formula is C16H21BrN2O3. The summed E-state index contributed by atoms with van der Waals surface area (Å²) in [7, 11) is 0. The monoisotopic (exact) mass is 368 g/mol. The summed E-state index contributed by atoms with van der Waals surface area (Å²) in [6.45, 7) is -0.0541. The lowest BCUT2D eigenvalue weighted by Gasteiger charge is -2.31. The van der Waals surface area contributed by atoms with Gasteiger partial charge in [-0.1, -0.05) is 35.2 Å². The number of aliphatic hydroxyl groups excluding tert-OH is 1. The zero-order valence-electron chi connectivity index (χ0n) is 12.3. The Bertz CT molecular complexity index is 508. The molecule has 0 aromatic heterocycles. The van der Waals surface area contributed by atoms with Crippen molar-refractivity contribution in [2.45, 2.75) is 44.2 Å². The van der Waals surface area contributed by atoms with Crippen LogP contribution in [0.1, 0.15) is 42.5 Å². The average Bonchev–Trinajstić information content (AvgIpc) is 3.32. The first-order valence-electron chi connectivity index (χ1n) is 7.56. The zero-order valence-corrected chi connectivity index (χ0v) is 13.9. The molecule has 1 aromatic carbocycles. The molecule has 2 aliphatic carbocycles. The Morgan fingerprint density at radius 2 is 1.73 bits per heavy atom. The van der Waals surface area contributed by atoms with Crippen LogP contribution in [0, 0.1) is 0 Å². The molecule has 1 aromatic rings. The molecule has 3 rings (SSSR count). The van der Waals surface area contributed by atoms with Crippen molar-refractivity contribution < 1.29 is 14.7 Å². The number of amides is 2. The SMILES string of the molecule is C1CC1.O=C(CNC(=O)c1ccc(Br)cc1)NC1CC(O)C1. The molecule has 6 heteroatoms. The molecule has 2 amide bonds. The van der Waals surface area contributed by atoms with Crippen LogP contribution in [0.5, 0.6) is 0 Å². The normalized spacial score (nSPS) is 21.7. The van der Waals surface area contributed by atoms with Gasteiger partial charge in [0.2, 0.25) is 5.91 Å². The van der Waals surface area contributed by atoms with Gasteiger partial charge in [0.25, 0.3) is 5.91 Å². The van der Waals surface area contributed by atoms with E-state index in [2.05, 4.69) is 26.6 Å². The van der Waals surface area contributed by atoms with Crippen LogP contribution in [-0.4, -0.2) is 35.6 Å². The number of carbonyl (C=O) groups excluding carboxylic acids is 2. The first kappa shape index (κ1) is 17.0. The van der Waals surface area contributed by atoms with Crippen molar-refractivity contribution in [1.82, 2.24) is 10.6 Å². The summed E-state index contributed by atoms with van der Waals surface area (Å²) in [6, 6.07) is 6.93. The van der Waals surface area contributed by atoms with Crippen LogP contribution in [0.4, 0.5) is 0 Å². The number of rotatable bonds is 4. The summed E-state index contributed by atoms with van der Waals surface area (Å²) in [5, 5.41) is 14.4. The molecule has 3 N–H and O–H groups in total. The molecule has 0 radical (unpaired) electrons.